The van der Waals surface area contributed by atoms with E-state index in [1.807, 2.05) is 31.2 Å². The molecule has 0 saturated carbocycles. The van der Waals surface area contributed by atoms with Gasteiger partial charge in [-0.15, -0.1) is 0 Å². The molecule has 0 N–H and O–H groups in total. The first-order chi connectivity index (χ1) is 13.0. The summed E-state index contributed by atoms with van der Waals surface area (Å²) in [6.07, 6.45) is 0.892. The lowest BCUT2D eigenvalue weighted by Crippen LogP contribution is -2.24. The standard InChI is InChI=1S/C21H20O6/c1-4-25-17-8-6-5-7-14(17)11-19-20(22)16-10-9-15(12-18(16)27-19)26-13(2)21(23)24-3/h5-13H,4H2,1-3H3/t13-/m1/s1. The number of ether oxygens (including phenoxy) is 4. The molecule has 2 aromatic carbocycles. The number of hydrogen-bond acceptors (Lipinski definition) is 6. The zero-order valence-corrected chi connectivity index (χ0v) is 15.4. The number of carbonyl (C=O) groups excluding carboxylic acids is 2. The average molecular weight is 368 g/mol. The molecule has 3 rings (SSSR count). The van der Waals surface area contributed by atoms with Crippen molar-refractivity contribution in [2.45, 2.75) is 20.0 Å². The maximum Gasteiger partial charge on any atom is 0.346 e. The molecule has 27 heavy (non-hydrogen) atoms. The van der Waals surface area contributed by atoms with Gasteiger partial charge in [-0.25, -0.2) is 4.79 Å². The molecule has 0 aliphatic carbocycles. The number of rotatable bonds is 6. The lowest BCUT2D eigenvalue weighted by Gasteiger charge is -2.12. The highest BCUT2D eigenvalue weighted by molar-refractivity contribution is 6.14. The Kier molecular flexibility index (Phi) is 5.45. The Morgan fingerprint density at radius 1 is 1.22 bits per heavy atom. The number of benzene rings is 2. The van der Waals surface area contributed by atoms with Gasteiger partial charge in [0.15, 0.2) is 11.9 Å². The van der Waals surface area contributed by atoms with Crippen LogP contribution in [0.3, 0.4) is 0 Å². The first kappa shape index (κ1) is 18.5. The van der Waals surface area contributed by atoms with Crippen molar-refractivity contribution in [3.63, 3.8) is 0 Å². The fourth-order valence-corrected chi connectivity index (χ4v) is 2.69. The molecule has 6 heteroatoms. The van der Waals surface area contributed by atoms with E-state index >= 15 is 0 Å². The van der Waals surface area contributed by atoms with E-state index in [4.69, 9.17) is 14.2 Å². The number of esters is 1. The predicted molar refractivity (Wildman–Crippen MR) is 99.1 cm³/mol. The van der Waals surface area contributed by atoms with Gasteiger partial charge in [-0.2, -0.15) is 0 Å². The summed E-state index contributed by atoms with van der Waals surface area (Å²) in [5.74, 6) is 0.973. The third kappa shape index (κ3) is 3.95. The number of Topliss-reactive ketones (excluding diaryl/α,β-unsaturated/α-hetero) is 1. The van der Waals surface area contributed by atoms with Gasteiger partial charge >= 0.3 is 5.97 Å². The number of allylic oxidation sites excluding steroid dienone is 1. The minimum absolute atomic E-state index is 0.204. The number of fused-ring (bicyclic) bond motifs is 1. The second-order valence-corrected chi connectivity index (χ2v) is 5.85. The molecule has 140 valence electrons. The smallest absolute Gasteiger partial charge is 0.346 e. The first-order valence-electron chi connectivity index (χ1n) is 8.58. The average Bonchev–Trinajstić information content (AvgIpc) is 2.97. The number of methoxy groups -OCH3 is 1. The third-order valence-corrected chi connectivity index (χ3v) is 3.99. The van der Waals surface area contributed by atoms with Crippen LogP contribution in [0.2, 0.25) is 0 Å². The highest BCUT2D eigenvalue weighted by Crippen LogP contribution is 2.36. The van der Waals surface area contributed by atoms with Crippen molar-refractivity contribution in [1.29, 1.82) is 0 Å². The second-order valence-electron chi connectivity index (χ2n) is 5.85. The Balaban J connectivity index is 1.84. The van der Waals surface area contributed by atoms with Crippen molar-refractivity contribution in [2.75, 3.05) is 13.7 Å². The normalized spacial score (nSPS) is 15.1. The quantitative estimate of drug-likeness (QED) is 0.573. The van der Waals surface area contributed by atoms with Crippen LogP contribution in [0, 0.1) is 0 Å². The van der Waals surface area contributed by atoms with Crippen LogP contribution in [0.25, 0.3) is 6.08 Å². The van der Waals surface area contributed by atoms with Crippen LogP contribution in [0.15, 0.2) is 48.2 Å². The van der Waals surface area contributed by atoms with Crippen LogP contribution in [0.5, 0.6) is 17.2 Å². The van der Waals surface area contributed by atoms with Crippen LogP contribution >= 0.6 is 0 Å². The highest BCUT2D eigenvalue weighted by Gasteiger charge is 2.28. The number of para-hydroxylation sites is 1. The Bertz CT molecular complexity index is 899. The van der Waals surface area contributed by atoms with E-state index in [1.54, 1.807) is 31.2 Å². The summed E-state index contributed by atoms with van der Waals surface area (Å²) in [6.45, 7) is 4.00. The van der Waals surface area contributed by atoms with Crippen molar-refractivity contribution in [2.24, 2.45) is 0 Å². The van der Waals surface area contributed by atoms with Gasteiger partial charge in [0.25, 0.3) is 0 Å². The first-order valence-corrected chi connectivity index (χ1v) is 8.58. The number of ketones is 1. The van der Waals surface area contributed by atoms with Crippen molar-refractivity contribution in [3.8, 4) is 17.2 Å². The lowest BCUT2D eigenvalue weighted by atomic mass is 10.1. The summed E-state index contributed by atoms with van der Waals surface area (Å²) in [6, 6.07) is 12.2. The third-order valence-electron chi connectivity index (χ3n) is 3.99. The fraction of sp³-hybridized carbons (Fsp3) is 0.238. The molecule has 0 aromatic heterocycles. The SMILES string of the molecule is CCOc1ccccc1C=C1Oc2cc(O[C@H](C)C(=O)OC)ccc2C1=O. The summed E-state index contributed by atoms with van der Waals surface area (Å²) >= 11 is 0. The molecule has 0 radical (unpaired) electrons. The molecule has 1 aliphatic heterocycles. The van der Waals surface area contributed by atoms with Crippen LogP contribution in [0.1, 0.15) is 29.8 Å². The van der Waals surface area contributed by atoms with Gasteiger partial charge in [0, 0.05) is 11.6 Å². The van der Waals surface area contributed by atoms with Crippen LogP contribution in [0.4, 0.5) is 0 Å². The van der Waals surface area contributed by atoms with E-state index in [9.17, 15) is 9.59 Å². The summed E-state index contributed by atoms with van der Waals surface area (Å²) in [4.78, 5) is 24.1. The summed E-state index contributed by atoms with van der Waals surface area (Å²) in [5, 5.41) is 0. The lowest BCUT2D eigenvalue weighted by molar-refractivity contribution is -0.147. The largest absolute Gasteiger partial charge is 0.493 e. The zero-order valence-electron chi connectivity index (χ0n) is 15.4. The van der Waals surface area contributed by atoms with Gasteiger partial charge in [0.1, 0.15) is 17.2 Å². The highest BCUT2D eigenvalue weighted by atomic mass is 16.6. The molecule has 0 bridgehead atoms. The fourth-order valence-electron chi connectivity index (χ4n) is 2.69. The van der Waals surface area contributed by atoms with E-state index in [0.29, 0.717) is 29.4 Å². The Labute approximate surface area is 157 Å². The van der Waals surface area contributed by atoms with Gasteiger partial charge in [0.05, 0.1) is 19.3 Å². The molecule has 0 saturated heterocycles. The van der Waals surface area contributed by atoms with Crippen LogP contribution in [-0.2, 0) is 9.53 Å². The molecule has 0 fully saturated rings. The van der Waals surface area contributed by atoms with Crippen molar-refractivity contribution in [1.82, 2.24) is 0 Å². The zero-order chi connectivity index (χ0) is 19.4. The van der Waals surface area contributed by atoms with Gasteiger partial charge in [-0.1, -0.05) is 18.2 Å². The van der Waals surface area contributed by atoms with Crippen molar-refractivity contribution < 1.29 is 28.5 Å². The second kappa shape index (κ2) is 7.95. The molecule has 0 unspecified atom stereocenters. The van der Waals surface area contributed by atoms with E-state index in [-0.39, 0.29) is 11.5 Å². The predicted octanol–water partition coefficient (Wildman–Crippen LogP) is 3.64. The molecule has 1 heterocycles. The number of hydrogen-bond donors (Lipinski definition) is 0. The summed E-state index contributed by atoms with van der Waals surface area (Å²) < 4.78 is 21.5. The van der Waals surface area contributed by atoms with Gasteiger partial charge in [-0.3, -0.25) is 4.79 Å². The Morgan fingerprint density at radius 2 is 2.00 bits per heavy atom. The molecular weight excluding hydrogens is 348 g/mol. The minimum Gasteiger partial charge on any atom is -0.493 e. The monoisotopic (exact) mass is 368 g/mol. The molecule has 1 atom stereocenters. The Morgan fingerprint density at radius 3 is 2.74 bits per heavy atom. The van der Waals surface area contributed by atoms with E-state index < -0.39 is 12.1 Å². The molecule has 2 aromatic rings. The van der Waals surface area contributed by atoms with Crippen molar-refractivity contribution >= 4 is 17.8 Å². The van der Waals surface area contributed by atoms with E-state index in [2.05, 4.69) is 4.74 Å². The van der Waals surface area contributed by atoms with Gasteiger partial charge < -0.3 is 18.9 Å². The maximum atomic E-state index is 12.6. The Hall–Kier alpha value is -3.28. The van der Waals surface area contributed by atoms with E-state index in [0.717, 1.165) is 5.56 Å². The van der Waals surface area contributed by atoms with Crippen molar-refractivity contribution in [3.05, 3.63) is 59.4 Å². The molecule has 0 amide bonds. The molecule has 6 nitrogen and oxygen atoms in total. The van der Waals surface area contributed by atoms with E-state index in [1.165, 1.54) is 7.11 Å². The molecule has 1 aliphatic rings. The van der Waals surface area contributed by atoms with Crippen LogP contribution < -0.4 is 14.2 Å². The molecular formula is C21H20O6. The maximum absolute atomic E-state index is 12.6. The number of carbonyl (C=O) groups is 2. The van der Waals surface area contributed by atoms with Gasteiger partial charge in [0.2, 0.25) is 5.78 Å². The molecule has 0 spiro atoms. The summed E-state index contributed by atoms with van der Waals surface area (Å²) in [7, 11) is 1.30. The van der Waals surface area contributed by atoms with Gasteiger partial charge in [-0.05, 0) is 38.1 Å². The van der Waals surface area contributed by atoms with Crippen LogP contribution in [-0.4, -0.2) is 31.6 Å². The topological polar surface area (TPSA) is 71.1 Å². The summed E-state index contributed by atoms with van der Waals surface area (Å²) in [5.41, 5.74) is 1.19. The minimum atomic E-state index is -0.766.